The molecule has 2 amide bonds. The summed E-state index contributed by atoms with van der Waals surface area (Å²) >= 11 is 7.49. The Labute approximate surface area is 138 Å². The summed E-state index contributed by atoms with van der Waals surface area (Å²) in [5.41, 5.74) is 0.995. The standard InChI is InChI=1S/C15H17ClN2O3S/c1-21-7-6-17-13(10-2-4-11(16)5-3-10)14(15(17)20)18-9-22-8-12(18)19/h2-5,13-14H,6-9H2,1H3/t13-,14-/m0/s1. The van der Waals surface area contributed by atoms with Gasteiger partial charge in [0.05, 0.1) is 24.3 Å². The largest absolute Gasteiger partial charge is 0.383 e. The monoisotopic (exact) mass is 340 g/mol. The van der Waals surface area contributed by atoms with Crippen LogP contribution in [0.25, 0.3) is 0 Å². The lowest BCUT2D eigenvalue weighted by Gasteiger charge is -2.50. The second-order valence-electron chi connectivity index (χ2n) is 5.31. The highest BCUT2D eigenvalue weighted by atomic mass is 35.5. The third-order valence-electron chi connectivity index (χ3n) is 4.03. The molecule has 2 atom stereocenters. The molecule has 0 saturated carbocycles. The zero-order valence-electron chi connectivity index (χ0n) is 12.2. The average Bonchev–Trinajstić information content (AvgIpc) is 2.92. The Morgan fingerprint density at radius 2 is 2.00 bits per heavy atom. The topological polar surface area (TPSA) is 49.9 Å². The fraction of sp³-hybridized carbons (Fsp3) is 0.467. The van der Waals surface area contributed by atoms with Crippen molar-refractivity contribution in [2.24, 2.45) is 0 Å². The zero-order chi connectivity index (χ0) is 15.7. The number of carbonyl (C=O) groups is 2. The van der Waals surface area contributed by atoms with Gasteiger partial charge in [-0.2, -0.15) is 0 Å². The first-order chi connectivity index (χ1) is 10.6. The number of nitrogens with zero attached hydrogens (tertiary/aromatic N) is 2. The number of ether oxygens (including phenoxy) is 1. The Bertz CT molecular complexity index is 581. The van der Waals surface area contributed by atoms with Crippen LogP contribution in [0.15, 0.2) is 24.3 Å². The molecule has 0 radical (unpaired) electrons. The Morgan fingerprint density at radius 1 is 1.27 bits per heavy atom. The van der Waals surface area contributed by atoms with E-state index in [1.165, 1.54) is 0 Å². The second kappa shape index (κ2) is 6.48. The zero-order valence-corrected chi connectivity index (χ0v) is 13.8. The van der Waals surface area contributed by atoms with Gasteiger partial charge in [0.15, 0.2) is 0 Å². The van der Waals surface area contributed by atoms with E-state index in [0.29, 0.717) is 29.8 Å². The van der Waals surface area contributed by atoms with Crippen molar-refractivity contribution in [3.63, 3.8) is 0 Å². The number of methoxy groups -OCH3 is 1. The molecule has 0 bridgehead atoms. The highest BCUT2D eigenvalue weighted by Gasteiger charge is 2.52. The third-order valence-corrected chi connectivity index (χ3v) is 5.19. The first-order valence-electron chi connectivity index (χ1n) is 7.05. The first-order valence-corrected chi connectivity index (χ1v) is 8.59. The van der Waals surface area contributed by atoms with E-state index in [4.69, 9.17) is 16.3 Å². The number of carbonyl (C=O) groups excluding carboxylic acids is 2. The number of hydrogen-bond acceptors (Lipinski definition) is 4. The smallest absolute Gasteiger partial charge is 0.248 e. The van der Waals surface area contributed by atoms with Crippen LogP contribution < -0.4 is 0 Å². The predicted octanol–water partition coefficient (Wildman–Crippen LogP) is 1.77. The quantitative estimate of drug-likeness (QED) is 0.767. The average molecular weight is 341 g/mol. The van der Waals surface area contributed by atoms with Gasteiger partial charge in [0.25, 0.3) is 0 Å². The molecule has 118 valence electrons. The summed E-state index contributed by atoms with van der Waals surface area (Å²) in [5.74, 6) is 1.06. The molecular formula is C15H17ClN2O3S. The molecule has 0 aromatic heterocycles. The van der Waals surface area contributed by atoms with Crippen LogP contribution in [0.4, 0.5) is 0 Å². The molecule has 5 nitrogen and oxygen atoms in total. The summed E-state index contributed by atoms with van der Waals surface area (Å²) in [7, 11) is 1.61. The van der Waals surface area contributed by atoms with E-state index >= 15 is 0 Å². The van der Waals surface area contributed by atoms with E-state index in [1.807, 2.05) is 24.3 Å². The minimum Gasteiger partial charge on any atom is -0.383 e. The molecule has 1 aromatic carbocycles. The highest BCUT2D eigenvalue weighted by Crippen LogP contribution is 2.40. The normalized spacial score (nSPS) is 24.8. The van der Waals surface area contributed by atoms with Crippen LogP contribution in [0.1, 0.15) is 11.6 Å². The van der Waals surface area contributed by atoms with Gasteiger partial charge in [0.2, 0.25) is 11.8 Å². The summed E-state index contributed by atoms with van der Waals surface area (Å²) in [4.78, 5) is 27.9. The van der Waals surface area contributed by atoms with Gasteiger partial charge in [-0.15, -0.1) is 11.8 Å². The Morgan fingerprint density at radius 3 is 2.59 bits per heavy atom. The summed E-state index contributed by atoms with van der Waals surface area (Å²) in [6.45, 7) is 1.000. The molecule has 7 heteroatoms. The lowest BCUT2D eigenvalue weighted by atomic mass is 9.87. The second-order valence-corrected chi connectivity index (χ2v) is 6.70. The summed E-state index contributed by atoms with van der Waals surface area (Å²) in [6.07, 6.45) is 0. The van der Waals surface area contributed by atoms with Gasteiger partial charge in [-0.25, -0.2) is 0 Å². The molecule has 22 heavy (non-hydrogen) atoms. The molecule has 1 aromatic rings. The maximum Gasteiger partial charge on any atom is 0.248 e. The predicted molar refractivity (Wildman–Crippen MR) is 85.7 cm³/mol. The van der Waals surface area contributed by atoms with Crippen molar-refractivity contribution >= 4 is 35.2 Å². The van der Waals surface area contributed by atoms with Crippen LogP contribution in [0, 0.1) is 0 Å². The number of thioether (sulfide) groups is 1. The summed E-state index contributed by atoms with van der Waals surface area (Å²) in [5, 5.41) is 0.655. The van der Waals surface area contributed by atoms with Crippen LogP contribution in [0.2, 0.25) is 5.02 Å². The van der Waals surface area contributed by atoms with Crippen molar-refractivity contribution in [3.8, 4) is 0 Å². The van der Waals surface area contributed by atoms with Gasteiger partial charge in [-0.1, -0.05) is 23.7 Å². The molecule has 2 saturated heterocycles. The number of benzene rings is 1. The van der Waals surface area contributed by atoms with E-state index in [9.17, 15) is 9.59 Å². The number of likely N-dealkylation sites (tertiary alicyclic amines) is 1. The maximum absolute atomic E-state index is 12.5. The SMILES string of the molecule is COCCN1C(=O)[C@@H](N2CSCC2=O)[C@@H]1c1ccc(Cl)cc1. The van der Waals surface area contributed by atoms with Crippen molar-refractivity contribution in [1.82, 2.24) is 9.80 Å². The van der Waals surface area contributed by atoms with Gasteiger partial charge in [0, 0.05) is 18.7 Å². The number of halogens is 1. The van der Waals surface area contributed by atoms with Crippen LogP contribution in [-0.2, 0) is 14.3 Å². The molecule has 2 heterocycles. The number of rotatable bonds is 5. The van der Waals surface area contributed by atoms with Crippen LogP contribution in [0.5, 0.6) is 0 Å². The van der Waals surface area contributed by atoms with Crippen LogP contribution >= 0.6 is 23.4 Å². The van der Waals surface area contributed by atoms with E-state index in [0.717, 1.165) is 5.56 Å². The van der Waals surface area contributed by atoms with Crippen molar-refractivity contribution in [1.29, 1.82) is 0 Å². The van der Waals surface area contributed by atoms with Crippen molar-refractivity contribution in [3.05, 3.63) is 34.9 Å². The number of β-lactam (4-membered cyclic amide) rings is 1. The van der Waals surface area contributed by atoms with Crippen LogP contribution in [-0.4, -0.2) is 59.5 Å². The Balaban J connectivity index is 1.86. The van der Waals surface area contributed by atoms with Gasteiger partial charge in [0.1, 0.15) is 6.04 Å². The van der Waals surface area contributed by atoms with Crippen molar-refractivity contribution < 1.29 is 14.3 Å². The van der Waals surface area contributed by atoms with Gasteiger partial charge >= 0.3 is 0 Å². The number of hydrogen-bond donors (Lipinski definition) is 0. The van der Waals surface area contributed by atoms with Crippen LogP contribution in [0.3, 0.4) is 0 Å². The van der Waals surface area contributed by atoms with Crippen molar-refractivity contribution in [2.45, 2.75) is 12.1 Å². The Hall–Kier alpha value is -1.24. The highest BCUT2D eigenvalue weighted by molar-refractivity contribution is 8.00. The van der Waals surface area contributed by atoms with E-state index in [1.54, 1.807) is 28.7 Å². The molecule has 0 aliphatic carbocycles. The Kier molecular flexibility index (Phi) is 4.61. The summed E-state index contributed by atoms with van der Waals surface area (Å²) < 4.78 is 5.08. The lowest BCUT2D eigenvalue weighted by Crippen LogP contribution is -2.66. The van der Waals surface area contributed by atoms with E-state index in [2.05, 4.69) is 0 Å². The van der Waals surface area contributed by atoms with Crippen molar-refractivity contribution in [2.75, 3.05) is 31.9 Å². The summed E-state index contributed by atoms with van der Waals surface area (Å²) in [6, 6.07) is 6.93. The fourth-order valence-electron chi connectivity index (χ4n) is 2.92. The molecule has 0 spiro atoms. The van der Waals surface area contributed by atoms with Gasteiger partial charge in [-0.3, -0.25) is 9.59 Å². The molecule has 2 aliphatic heterocycles. The molecule has 0 N–H and O–H groups in total. The maximum atomic E-state index is 12.5. The minimum atomic E-state index is -0.402. The third kappa shape index (κ3) is 2.71. The van der Waals surface area contributed by atoms with E-state index < -0.39 is 6.04 Å². The molecule has 2 aliphatic rings. The molecule has 2 fully saturated rings. The molecule has 0 unspecified atom stereocenters. The minimum absolute atomic E-state index is 0.00662. The first kappa shape index (κ1) is 15.6. The van der Waals surface area contributed by atoms with E-state index in [-0.39, 0.29) is 17.9 Å². The van der Waals surface area contributed by atoms with Gasteiger partial charge in [-0.05, 0) is 17.7 Å². The fourth-order valence-corrected chi connectivity index (χ4v) is 3.98. The lowest BCUT2D eigenvalue weighted by molar-refractivity contribution is -0.164. The van der Waals surface area contributed by atoms with Gasteiger partial charge < -0.3 is 14.5 Å². The number of amides is 2. The molecule has 3 rings (SSSR count). The molecular weight excluding hydrogens is 324 g/mol.